The summed E-state index contributed by atoms with van der Waals surface area (Å²) < 4.78 is 5.39. The van der Waals surface area contributed by atoms with Gasteiger partial charge in [-0.2, -0.15) is 0 Å². The average Bonchev–Trinajstić information content (AvgIpc) is 2.25. The Balaban J connectivity index is 1.82. The van der Waals surface area contributed by atoms with E-state index in [1.165, 1.54) is 0 Å². The lowest BCUT2D eigenvalue weighted by molar-refractivity contribution is -0.131. The molecule has 2 rings (SSSR count). The second-order valence-electron chi connectivity index (χ2n) is 5.09. The minimum Gasteiger partial charge on any atom is -0.392 e. The van der Waals surface area contributed by atoms with E-state index in [-0.39, 0.29) is 5.91 Å². The Labute approximate surface area is 107 Å². The molecule has 1 atom stereocenters. The van der Waals surface area contributed by atoms with Gasteiger partial charge in [-0.05, 0) is 31.6 Å². The summed E-state index contributed by atoms with van der Waals surface area (Å²) in [4.78, 5) is 12.5. The highest BCUT2D eigenvalue weighted by Gasteiger charge is 2.46. The molecule has 17 heavy (non-hydrogen) atoms. The Bertz CT molecular complexity index is 310. The third kappa shape index (κ3) is 2.60. The van der Waals surface area contributed by atoms with Crippen molar-refractivity contribution < 1.29 is 9.53 Å². The highest BCUT2D eigenvalue weighted by atomic mass is 32.1. The van der Waals surface area contributed by atoms with E-state index in [9.17, 15) is 4.79 Å². The maximum Gasteiger partial charge on any atom is 0.233 e. The van der Waals surface area contributed by atoms with Gasteiger partial charge in [-0.3, -0.25) is 4.79 Å². The van der Waals surface area contributed by atoms with Crippen LogP contribution in [0, 0.1) is 11.3 Å². The molecule has 1 amide bonds. The fraction of sp³-hybridized carbons (Fsp3) is 0.833. The standard InChI is InChI=1S/C12H20N2O2S/c13-10(17)12(4-2-5-12)11(15)14-7-9-3-1-6-16-8-9/h9H,1-8H2,(H2,13,17)(H,14,15). The summed E-state index contributed by atoms with van der Waals surface area (Å²) in [6.07, 6.45) is 4.85. The van der Waals surface area contributed by atoms with Gasteiger partial charge in [0.05, 0.1) is 17.0 Å². The zero-order valence-electron chi connectivity index (χ0n) is 10.0. The van der Waals surface area contributed by atoms with E-state index in [1.807, 2.05) is 0 Å². The predicted octanol–water partition coefficient (Wildman–Crippen LogP) is 0.986. The van der Waals surface area contributed by atoms with Crippen LogP contribution in [0.1, 0.15) is 32.1 Å². The van der Waals surface area contributed by atoms with Crippen molar-refractivity contribution in [2.75, 3.05) is 19.8 Å². The summed E-state index contributed by atoms with van der Waals surface area (Å²) in [5.41, 5.74) is 5.14. The Morgan fingerprint density at radius 2 is 2.24 bits per heavy atom. The van der Waals surface area contributed by atoms with Crippen LogP contribution in [0.3, 0.4) is 0 Å². The largest absolute Gasteiger partial charge is 0.392 e. The fourth-order valence-corrected chi connectivity index (χ4v) is 2.79. The molecule has 1 saturated heterocycles. The molecule has 1 aliphatic heterocycles. The Kier molecular flexibility index (Phi) is 3.99. The number of hydrogen-bond acceptors (Lipinski definition) is 3. The van der Waals surface area contributed by atoms with E-state index in [2.05, 4.69) is 5.32 Å². The first-order valence-corrected chi connectivity index (χ1v) is 6.72. The van der Waals surface area contributed by atoms with Crippen molar-refractivity contribution in [2.24, 2.45) is 17.1 Å². The molecule has 2 aliphatic rings. The Morgan fingerprint density at radius 1 is 1.47 bits per heavy atom. The maximum atomic E-state index is 12.1. The molecule has 2 fully saturated rings. The van der Waals surface area contributed by atoms with E-state index >= 15 is 0 Å². The average molecular weight is 256 g/mol. The number of nitrogens with two attached hydrogens (primary N) is 1. The van der Waals surface area contributed by atoms with Crippen LogP contribution in [0.5, 0.6) is 0 Å². The van der Waals surface area contributed by atoms with E-state index in [1.54, 1.807) is 0 Å². The summed E-state index contributed by atoms with van der Waals surface area (Å²) in [6, 6.07) is 0. The van der Waals surface area contributed by atoms with Gasteiger partial charge in [0, 0.05) is 13.2 Å². The van der Waals surface area contributed by atoms with Gasteiger partial charge >= 0.3 is 0 Å². The first kappa shape index (κ1) is 12.8. The number of hydrogen-bond donors (Lipinski definition) is 2. The first-order valence-electron chi connectivity index (χ1n) is 6.31. The normalized spacial score (nSPS) is 26.9. The van der Waals surface area contributed by atoms with Gasteiger partial charge in [0.1, 0.15) is 0 Å². The van der Waals surface area contributed by atoms with Gasteiger partial charge in [-0.25, -0.2) is 0 Å². The van der Waals surface area contributed by atoms with Crippen molar-refractivity contribution in [1.82, 2.24) is 5.32 Å². The monoisotopic (exact) mass is 256 g/mol. The molecular formula is C12H20N2O2S. The predicted molar refractivity (Wildman–Crippen MR) is 69.6 cm³/mol. The summed E-state index contributed by atoms with van der Waals surface area (Å²) in [6.45, 7) is 2.28. The summed E-state index contributed by atoms with van der Waals surface area (Å²) >= 11 is 5.02. The molecule has 1 saturated carbocycles. The second-order valence-corrected chi connectivity index (χ2v) is 5.53. The van der Waals surface area contributed by atoms with E-state index < -0.39 is 5.41 Å². The molecule has 1 heterocycles. The summed E-state index contributed by atoms with van der Waals surface area (Å²) in [5.74, 6) is 0.456. The fourth-order valence-electron chi connectivity index (χ4n) is 2.49. The molecule has 1 aliphatic carbocycles. The SMILES string of the molecule is NC(=S)C1(C(=O)NCC2CCCOC2)CCC1. The highest BCUT2D eigenvalue weighted by molar-refractivity contribution is 7.80. The van der Waals surface area contributed by atoms with Crippen LogP contribution in [0.15, 0.2) is 0 Å². The van der Waals surface area contributed by atoms with Crippen molar-refractivity contribution >= 4 is 23.1 Å². The molecular weight excluding hydrogens is 236 g/mol. The zero-order valence-corrected chi connectivity index (χ0v) is 10.9. The highest BCUT2D eigenvalue weighted by Crippen LogP contribution is 2.41. The van der Waals surface area contributed by atoms with Gasteiger partial charge in [0.25, 0.3) is 0 Å². The van der Waals surface area contributed by atoms with Crippen molar-refractivity contribution in [2.45, 2.75) is 32.1 Å². The number of ether oxygens (including phenoxy) is 1. The van der Waals surface area contributed by atoms with Crippen molar-refractivity contribution in [3.8, 4) is 0 Å². The lowest BCUT2D eigenvalue weighted by Gasteiger charge is -2.39. The molecule has 0 spiro atoms. The van der Waals surface area contributed by atoms with Gasteiger partial charge in [0.2, 0.25) is 5.91 Å². The van der Waals surface area contributed by atoms with Crippen LogP contribution in [-0.2, 0) is 9.53 Å². The second kappa shape index (κ2) is 5.31. The van der Waals surface area contributed by atoms with Crippen LogP contribution in [0.2, 0.25) is 0 Å². The van der Waals surface area contributed by atoms with Crippen LogP contribution >= 0.6 is 12.2 Å². The maximum absolute atomic E-state index is 12.1. The molecule has 0 radical (unpaired) electrons. The van der Waals surface area contributed by atoms with E-state index in [0.717, 1.165) is 45.3 Å². The number of rotatable bonds is 4. The molecule has 0 aromatic rings. The van der Waals surface area contributed by atoms with Gasteiger partial charge in [0.15, 0.2) is 0 Å². The van der Waals surface area contributed by atoms with Crippen molar-refractivity contribution in [3.63, 3.8) is 0 Å². The topological polar surface area (TPSA) is 64.4 Å². The number of amides is 1. The molecule has 96 valence electrons. The van der Waals surface area contributed by atoms with Crippen LogP contribution < -0.4 is 11.1 Å². The Morgan fingerprint density at radius 3 is 2.71 bits per heavy atom. The molecule has 0 aromatic heterocycles. The van der Waals surface area contributed by atoms with E-state index in [4.69, 9.17) is 22.7 Å². The smallest absolute Gasteiger partial charge is 0.233 e. The molecule has 0 bridgehead atoms. The quantitative estimate of drug-likeness (QED) is 0.736. The minimum atomic E-state index is -0.551. The number of carbonyl (C=O) groups is 1. The van der Waals surface area contributed by atoms with Crippen LogP contribution in [-0.4, -0.2) is 30.7 Å². The first-order chi connectivity index (χ1) is 8.15. The molecule has 0 aromatic carbocycles. The lowest BCUT2D eigenvalue weighted by Crippen LogP contribution is -2.54. The molecule has 1 unspecified atom stereocenters. The molecule has 3 N–H and O–H groups in total. The molecule has 5 heteroatoms. The summed E-state index contributed by atoms with van der Waals surface area (Å²) in [7, 11) is 0. The Hall–Kier alpha value is -0.680. The van der Waals surface area contributed by atoms with Crippen molar-refractivity contribution in [1.29, 1.82) is 0 Å². The summed E-state index contributed by atoms with van der Waals surface area (Å²) in [5, 5.41) is 2.99. The number of carbonyl (C=O) groups excluding carboxylic acids is 1. The molecule has 4 nitrogen and oxygen atoms in total. The number of thiocarbonyl (C=S) groups is 1. The van der Waals surface area contributed by atoms with Gasteiger partial charge in [-0.1, -0.05) is 18.6 Å². The van der Waals surface area contributed by atoms with Gasteiger partial charge < -0.3 is 15.8 Å². The zero-order chi connectivity index (χ0) is 12.3. The van der Waals surface area contributed by atoms with E-state index in [0.29, 0.717) is 17.5 Å². The van der Waals surface area contributed by atoms with Crippen LogP contribution in [0.4, 0.5) is 0 Å². The lowest BCUT2D eigenvalue weighted by atomic mass is 9.68. The number of nitrogens with one attached hydrogen (secondary N) is 1. The van der Waals surface area contributed by atoms with Gasteiger partial charge in [-0.15, -0.1) is 0 Å². The third-order valence-corrected chi connectivity index (χ3v) is 4.31. The van der Waals surface area contributed by atoms with Crippen molar-refractivity contribution in [3.05, 3.63) is 0 Å². The third-order valence-electron chi connectivity index (χ3n) is 3.92. The van der Waals surface area contributed by atoms with Crippen LogP contribution in [0.25, 0.3) is 0 Å². The minimum absolute atomic E-state index is 0.0156.